The van der Waals surface area contributed by atoms with Crippen molar-refractivity contribution in [2.75, 3.05) is 5.73 Å². The summed E-state index contributed by atoms with van der Waals surface area (Å²) in [5, 5.41) is 4.89. The van der Waals surface area contributed by atoms with Crippen LogP contribution in [0.25, 0.3) is 11.3 Å². The lowest BCUT2D eigenvalue weighted by molar-refractivity contribution is 0.439. The Morgan fingerprint density at radius 3 is 2.64 bits per heavy atom. The molecule has 0 aliphatic heterocycles. The van der Waals surface area contributed by atoms with E-state index in [0.29, 0.717) is 21.3 Å². The van der Waals surface area contributed by atoms with Gasteiger partial charge >= 0.3 is 0 Å². The van der Waals surface area contributed by atoms with Crippen LogP contribution in [-0.2, 0) is 0 Å². The van der Waals surface area contributed by atoms with Crippen molar-refractivity contribution in [1.82, 2.24) is 5.16 Å². The summed E-state index contributed by atoms with van der Waals surface area (Å²) in [6.07, 6.45) is 0. The van der Waals surface area contributed by atoms with E-state index in [4.69, 9.17) is 33.5 Å². The summed E-state index contributed by atoms with van der Waals surface area (Å²) in [5.41, 5.74) is 6.69. The highest BCUT2D eigenvalue weighted by molar-refractivity contribution is 6.35. The molecule has 0 amide bonds. The topological polar surface area (TPSA) is 52.0 Å². The maximum Gasteiger partial charge on any atom is 0.222 e. The Balaban J connectivity index is 2.55. The normalized spacial score (nSPS) is 10.4. The van der Waals surface area contributed by atoms with Crippen LogP contribution >= 0.6 is 23.2 Å². The Hall–Kier alpha value is -1.19. The Morgan fingerprint density at radius 2 is 2.00 bits per heavy atom. The van der Waals surface area contributed by atoms with E-state index < -0.39 is 0 Å². The monoisotopic (exact) mass is 228 g/mol. The third kappa shape index (κ3) is 1.69. The third-order valence-electron chi connectivity index (χ3n) is 1.73. The van der Waals surface area contributed by atoms with E-state index in [0.717, 1.165) is 0 Å². The number of halogens is 2. The van der Waals surface area contributed by atoms with E-state index in [-0.39, 0.29) is 5.88 Å². The number of hydrogen-bond donors (Lipinski definition) is 1. The summed E-state index contributed by atoms with van der Waals surface area (Å²) in [4.78, 5) is 0. The summed E-state index contributed by atoms with van der Waals surface area (Å²) in [6.45, 7) is 0. The smallest absolute Gasteiger partial charge is 0.222 e. The maximum absolute atomic E-state index is 5.96. The number of aromatic nitrogens is 1. The van der Waals surface area contributed by atoms with Crippen LogP contribution in [0.1, 0.15) is 0 Å². The predicted octanol–water partition coefficient (Wildman–Crippen LogP) is 3.23. The van der Waals surface area contributed by atoms with Crippen molar-refractivity contribution in [3.05, 3.63) is 34.3 Å². The predicted molar refractivity (Wildman–Crippen MR) is 56.4 cm³/mol. The second kappa shape index (κ2) is 3.52. The molecule has 2 N–H and O–H groups in total. The van der Waals surface area contributed by atoms with Crippen molar-refractivity contribution < 1.29 is 4.52 Å². The van der Waals surface area contributed by atoms with Crippen molar-refractivity contribution in [1.29, 1.82) is 0 Å². The lowest BCUT2D eigenvalue weighted by Gasteiger charge is -1.99. The first-order valence-corrected chi connectivity index (χ1v) is 4.60. The van der Waals surface area contributed by atoms with E-state index >= 15 is 0 Å². The van der Waals surface area contributed by atoms with Gasteiger partial charge in [-0.1, -0.05) is 28.4 Å². The van der Waals surface area contributed by atoms with Crippen molar-refractivity contribution in [2.45, 2.75) is 0 Å². The van der Waals surface area contributed by atoms with Gasteiger partial charge in [-0.3, -0.25) is 0 Å². The second-order valence-corrected chi connectivity index (χ2v) is 3.58. The highest BCUT2D eigenvalue weighted by Crippen LogP contribution is 2.30. The van der Waals surface area contributed by atoms with Crippen LogP contribution in [-0.4, -0.2) is 5.16 Å². The van der Waals surface area contributed by atoms with Gasteiger partial charge in [0.1, 0.15) is 5.69 Å². The van der Waals surface area contributed by atoms with Gasteiger partial charge in [-0.05, 0) is 18.2 Å². The Bertz CT molecular complexity index is 468. The number of nitrogens with zero attached hydrogens (tertiary/aromatic N) is 1. The average Bonchev–Trinajstić information content (AvgIpc) is 2.56. The molecule has 2 aromatic rings. The molecule has 3 nitrogen and oxygen atoms in total. The molecule has 0 aliphatic rings. The third-order valence-corrected chi connectivity index (χ3v) is 2.30. The summed E-state index contributed by atoms with van der Waals surface area (Å²) < 4.78 is 4.74. The lowest BCUT2D eigenvalue weighted by atomic mass is 10.1. The summed E-state index contributed by atoms with van der Waals surface area (Å²) in [5.74, 6) is 0.246. The van der Waals surface area contributed by atoms with Crippen LogP contribution in [0.3, 0.4) is 0 Å². The fourth-order valence-corrected chi connectivity index (χ4v) is 1.50. The molecule has 2 rings (SSSR count). The number of nitrogens with two attached hydrogens (primary N) is 1. The molecule has 0 bridgehead atoms. The van der Waals surface area contributed by atoms with Gasteiger partial charge < -0.3 is 10.3 Å². The number of hydrogen-bond acceptors (Lipinski definition) is 3. The summed E-state index contributed by atoms with van der Waals surface area (Å²) in [6, 6.07) is 6.71. The summed E-state index contributed by atoms with van der Waals surface area (Å²) >= 11 is 11.8. The van der Waals surface area contributed by atoms with Gasteiger partial charge in [-0.15, -0.1) is 0 Å². The lowest BCUT2D eigenvalue weighted by Crippen LogP contribution is -1.79. The molecular formula is C9H6Cl2N2O. The molecule has 1 aromatic carbocycles. The van der Waals surface area contributed by atoms with Gasteiger partial charge in [0.25, 0.3) is 0 Å². The molecule has 5 heteroatoms. The molecule has 0 atom stereocenters. The zero-order chi connectivity index (χ0) is 10.1. The molecule has 1 aromatic heterocycles. The number of benzene rings is 1. The Kier molecular flexibility index (Phi) is 2.35. The van der Waals surface area contributed by atoms with E-state index in [1.165, 1.54) is 0 Å². The van der Waals surface area contributed by atoms with E-state index in [1.807, 2.05) is 0 Å². The van der Waals surface area contributed by atoms with Crippen molar-refractivity contribution in [2.24, 2.45) is 0 Å². The first kappa shape index (κ1) is 9.37. The zero-order valence-corrected chi connectivity index (χ0v) is 8.51. The highest BCUT2D eigenvalue weighted by Gasteiger charge is 2.08. The van der Waals surface area contributed by atoms with Gasteiger partial charge in [0.05, 0.1) is 5.02 Å². The molecule has 0 spiro atoms. The van der Waals surface area contributed by atoms with Crippen LogP contribution in [0.2, 0.25) is 10.0 Å². The Labute approximate surface area is 90.4 Å². The SMILES string of the molecule is Nc1cc(-c2cc(Cl)ccc2Cl)no1. The highest BCUT2D eigenvalue weighted by atomic mass is 35.5. The van der Waals surface area contributed by atoms with Gasteiger partial charge in [-0.25, -0.2) is 0 Å². The van der Waals surface area contributed by atoms with Gasteiger partial charge in [0, 0.05) is 16.7 Å². The molecule has 14 heavy (non-hydrogen) atoms. The molecule has 0 aliphatic carbocycles. The molecule has 0 fully saturated rings. The van der Waals surface area contributed by atoms with Gasteiger partial charge in [0.15, 0.2) is 0 Å². The van der Waals surface area contributed by atoms with Crippen LogP contribution in [0.4, 0.5) is 5.88 Å². The molecular weight excluding hydrogens is 223 g/mol. The largest absolute Gasteiger partial charge is 0.368 e. The minimum Gasteiger partial charge on any atom is -0.368 e. The fraction of sp³-hybridized carbons (Fsp3) is 0. The molecule has 0 saturated heterocycles. The van der Waals surface area contributed by atoms with E-state index in [1.54, 1.807) is 24.3 Å². The number of anilines is 1. The van der Waals surface area contributed by atoms with E-state index in [2.05, 4.69) is 5.16 Å². The molecule has 0 unspecified atom stereocenters. The summed E-state index contributed by atoms with van der Waals surface area (Å²) in [7, 11) is 0. The first-order valence-electron chi connectivity index (χ1n) is 3.84. The molecule has 0 radical (unpaired) electrons. The number of rotatable bonds is 1. The second-order valence-electron chi connectivity index (χ2n) is 2.74. The molecule has 1 heterocycles. The quantitative estimate of drug-likeness (QED) is 0.816. The maximum atomic E-state index is 5.96. The minimum atomic E-state index is 0.246. The van der Waals surface area contributed by atoms with Gasteiger partial charge in [-0.2, -0.15) is 0 Å². The van der Waals surface area contributed by atoms with Crippen LogP contribution < -0.4 is 5.73 Å². The van der Waals surface area contributed by atoms with Crippen LogP contribution in [0.5, 0.6) is 0 Å². The van der Waals surface area contributed by atoms with Crippen LogP contribution in [0, 0.1) is 0 Å². The Morgan fingerprint density at radius 1 is 1.21 bits per heavy atom. The minimum absolute atomic E-state index is 0.246. The van der Waals surface area contributed by atoms with Crippen molar-refractivity contribution >= 4 is 29.1 Å². The van der Waals surface area contributed by atoms with Gasteiger partial charge in [0.2, 0.25) is 5.88 Å². The van der Waals surface area contributed by atoms with Crippen molar-refractivity contribution in [3.63, 3.8) is 0 Å². The first-order chi connectivity index (χ1) is 6.66. The molecule has 72 valence electrons. The molecule has 0 saturated carbocycles. The average molecular weight is 229 g/mol. The van der Waals surface area contributed by atoms with Crippen LogP contribution in [0.15, 0.2) is 28.8 Å². The standard InChI is InChI=1S/C9H6Cl2N2O/c10-5-1-2-7(11)6(3-5)8-4-9(12)14-13-8/h1-4H,12H2. The fourth-order valence-electron chi connectivity index (χ4n) is 1.11. The van der Waals surface area contributed by atoms with Crippen molar-refractivity contribution in [3.8, 4) is 11.3 Å². The van der Waals surface area contributed by atoms with E-state index in [9.17, 15) is 0 Å². The number of nitrogen functional groups attached to an aromatic ring is 1. The zero-order valence-electron chi connectivity index (χ0n) is 7.00.